The van der Waals surface area contributed by atoms with Crippen LogP contribution in [0.4, 0.5) is 0 Å². The first-order valence-corrected chi connectivity index (χ1v) is 6.96. The molecule has 0 fully saturated rings. The lowest BCUT2D eigenvalue weighted by Crippen LogP contribution is -2.34. The third-order valence-electron chi connectivity index (χ3n) is 3.24. The van der Waals surface area contributed by atoms with E-state index in [9.17, 15) is 9.59 Å². The van der Waals surface area contributed by atoms with Gasteiger partial charge < -0.3 is 0 Å². The van der Waals surface area contributed by atoms with Gasteiger partial charge in [-0.15, -0.1) is 23.7 Å². The minimum atomic E-state index is -0.501. The smallest absolute Gasteiger partial charge is 0.262 e. The first kappa shape index (κ1) is 12.6. The van der Waals surface area contributed by atoms with E-state index >= 15 is 0 Å². The maximum atomic E-state index is 12.4. The van der Waals surface area contributed by atoms with Crippen molar-refractivity contribution in [3.63, 3.8) is 0 Å². The molecule has 0 N–H and O–H groups in total. The van der Waals surface area contributed by atoms with Gasteiger partial charge in [-0.05, 0) is 12.1 Å². The highest BCUT2D eigenvalue weighted by molar-refractivity contribution is 7.07. The zero-order valence-corrected chi connectivity index (χ0v) is 11.3. The lowest BCUT2D eigenvalue weighted by atomic mass is 10.1. The molecular weight excluding hydrogens is 272 g/mol. The molecule has 0 bridgehead atoms. The van der Waals surface area contributed by atoms with E-state index in [1.54, 1.807) is 29.8 Å². The Morgan fingerprint density at radius 2 is 1.90 bits per heavy atom. The van der Waals surface area contributed by atoms with Crippen LogP contribution in [0.3, 0.4) is 0 Å². The minimum Gasteiger partial charge on any atom is -0.269 e. The van der Waals surface area contributed by atoms with Crippen molar-refractivity contribution in [2.75, 3.05) is 0 Å². The van der Waals surface area contributed by atoms with Gasteiger partial charge in [0.2, 0.25) is 0 Å². The number of fused-ring (bicyclic) bond motifs is 1. The molecule has 98 valence electrons. The summed E-state index contributed by atoms with van der Waals surface area (Å²) in [5.74, 6) is 1.91. The topological polar surface area (TPSA) is 50.3 Å². The first-order chi connectivity index (χ1) is 9.74. The van der Waals surface area contributed by atoms with Crippen molar-refractivity contribution >= 4 is 23.2 Å². The monoisotopic (exact) mass is 282 g/mol. The van der Waals surface area contributed by atoms with Gasteiger partial charge in [-0.3, -0.25) is 14.5 Å². The number of aromatic nitrogens is 1. The van der Waals surface area contributed by atoms with E-state index < -0.39 is 6.04 Å². The number of hydrogen-bond donors (Lipinski definition) is 0. The number of rotatable bonds is 3. The Balaban J connectivity index is 2.05. The molecule has 20 heavy (non-hydrogen) atoms. The number of carbonyl (C=O) groups is 2. The summed E-state index contributed by atoms with van der Waals surface area (Å²) in [6, 6.07) is 6.30. The Morgan fingerprint density at radius 1 is 1.25 bits per heavy atom. The zero-order chi connectivity index (χ0) is 14.1. The fourth-order valence-electron chi connectivity index (χ4n) is 2.32. The summed E-state index contributed by atoms with van der Waals surface area (Å²) < 4.78 is 0. The molecule has 2 aromatic rings. The van der Waals surface area contributed by atoms with E-state index in [0.717, 1.165) is 0 Å². The summed E-state index contributed by atoms with van der Waals surface area (Å²) in [6.45, 7) is 0. The standard InChI is InChI=1S/C15H10N2O2S/c1-2-5-13(12-8-20-9-16-12)17-14(18)10-6-3-4-7-11(10)15(17)19/h1,3-4,6-9,13H,5H2. The summed E-state index contributed by atoms with van der Waals surface area (Å²) in [6.07, 6.45) is 5.63. The maximum Gasteiger partial charge on any atom is 0.262 e. The van der Waals surface area contributed by atoms with Crippen molar-refractivity contribution in [1.82, 2.24) is 9.88 Å². The predicted octanol–water partition coefficient (Wildman–Crippen LogP) is 2.50. The van der Waals surface area contributed by atoms with Crippen LogP contribution in [0.25, 0.3) is 0 Å². The molecule has 3 rings (SSSR count). The molecule has 1 aliphatic rings. The van der Waals surface area contributed by atoms with Gasteiger partial charge in [0.1, 0.15) is 0 Å². The van der Waals surface area contributed by atoms with Gasteiger partial charge in [0.15, 0.2) is 0 Å². The Morgan fingerprint density at radius 3 is 2.40 bits per heavy atom. The van der Waals surface area contributed by atoms with Crippen LogP contribution in [0, 0.1) is 12.3 Å². The lowest BCUT2D eigenvalue weighted by molar-refractivity contribution is 0.0582. The number of benzene rings is 1. The molecule has 4 nitrogen and oxygen atoms in total. The Hall–Kier alpha value is -2.45. The number of thiazole rings is 1. The van der Waals surface area contributed by atoms with E-state index in [4.69, 9.17) is 6.42 Å². The molecular formula is C15H10N2O2S. The molecule has 1 aliphatic heterocycles. The largest absolute Gasteiger partial charge is 0.269 e. The van der Waals surface area contributed by atoms with E-state index in [-0.39, 0.29) is 18.2 Å². The quantitative estimate of drug-likeness (QED) is 0.642. The van der Waals surface area contributed by atoms with Crippen molar-refractivity contribution in [3.05, 3.63) is 52.0 Å². The van der Waals surface area contributed by atoms with Crippen LogP contribution in [0.2, 0.25) is 0 Å². The molecule has 0 saturated heterocycles. The number of nitrogens with zero attached hydrogens (tertiary/aromatic N) is 2. The minimum absolute atomic E-state index is 0.259. The van der Waals surface area contributed by atoms with Crippen LogP contribution >= 0.6 is 11.3 Å². The summed E-state index contributed by atoms with van der Waals surface area (Å²) in [5, 5.41) is 1.81. The lowest BCUT2D eigenvalue weighted by Gasteiger charge is -2.22. The fraction of sp³-hybridized carbons (Fsp3) is 0.133. The third kappa shape index (κ3) is 1.82. The summed E-state index contributed by atoms with van der Waals surface area (Å²) in [7, 11) is 0. The zero-order valence-electron chi connectivity index (χ0n) is 10.4. The van der Waals surface area contributed by atoms with Crippen LogP contribution in [0.15, 0.2) is 35.2 Å². The van der Waals surface area contributed by atoms with Gasteiger partial charge in [0, 0.05) is 11.8 Å². The summed E-state index contributed by atoms with van der Waals surface area (Å²) in [5.41, 5.74) is 3.17. The Labute approximate surface area is 120 Å². The first-order valence-electron chi connectivity index (χ1n) is 6.02. The van der Waals surface area contributed by atoms with Crippen LogP contribution in [0.1, 0.15) is 38.9 Å². The molecule has 2 amide bonds. The van der Waals surface area contributed by atoms with Crippen molar-refractivity contribution in [2.24, 2.45) is 0 Å². The summed E-state index contributed by atoms with van der Waals surface area (Å²) >= 11 is 1.41. The van der Waals surface area contributed by atoms with Crippen LogP contribution < -0.4 is 0 Å². The number of imide groups is 1. The van der Waals surface area contributed by atoms with Crippen LogP contribution in [0.5, 0.6) is 0 Å². The van der Waals surface area contributed by atoms with Crippen molar-refractivity contribution < 1.29 is 9.59 Å². The van der Waals surface area contributed by atoms with Gasteiger partial charge in [-0.2, -0.15) is 0 Å². The average Bonchev–Trinajstić information content (AvgIpc) is 3.07. The number of amides is 2. The second-order valence-electron chi connectivity index (χ2n) is 4.36. The van der Waals surface area contributed by atoms with Gasteiger partial charge in [-0.1, -0.05) is 12.1 Å². The highest BCUT2D eigenvalue weighted by atomic mass is 32.1. The van der Waals surface area contributed by atoms with Gasteiger partial charge >= 0.3 is 0 Å². The predicted molar refractivity (Wildman–Crippen MR) is 75.2 cm³/mol. The van der Waals surface area contributed by atoms with E-state index in [2.05, 4.69) is 10.9 Å². The third-order valence-corrected chi connectivity index (χ3v) is 3.85. The van der Waals surface area contributed by atoms with Crippen molar-refractivity contribution in [3.8, 4) is 12.3 Å². The molecule has 5 heteroatoms. The molecule has 0 radical (unpaired) electrons. The van der Waals surface area contributed by atoms with Gasteiger partial charge in [0.25, 0.3) is 11.8 Å². The van der Waals surface area contributed by atoms with Gasteiger partial charge in [-0.25, -0.2) is 4.98 Å². The second-order valence-corrected chi connectivity index (χ2v) is 5.08. The Bertz CT molecular complexity index is 681. The molecule has 1 aromatic heterocycles. The van der Waals surface area contributed by atoms with E-state index in [1.165, 1.54) is 16.2 Å². The van der Waals surface area contributed by atoms with E-state index in [1.807, 2.05) is 5.38 Å². The molecule has 1 atom stereocenters. The molecule has 0 spiro atoms. The molecule has 2 heterocycles. The molecule has 0 saturated carbocycles. The number of hydrogen-bond acceptors (Lipinski definition) is 4. The summed E-state index contributed by atoms with van der Waals surface area (Å²) in [4.78, 5) is 30.3. The van der Waals surface area contributed by atoms with E-state index in [0.29, 0.717) is 16.8 Å². The van der Waals surface area contributed by atoms with Gasteiger partial charge in [0.05, 0.1) is 28.4 Å². The highest BCUT2D eigenvalue weighted by Crippen LogP contribution is 2.32. The number of terminal acetylenes is 1. The average molecular weight is 282 g/mol. The SMILES string of the molecule is C#CCC(c1cscn1)N1C(=O)c2ccccc2C1=O. The van der Waals surface area contributed by atoms with Crippen molar-refractivity contribution in [2.45, 2.75) is 12.5 Å². The molecule has 1 unspecified atom stereocenters. The number of carbonyl (C=O) groups excluding carboxylic acids is 2. The molecule has 0 aliphatic carbocycles. The fourth-order valence-corrected chi connectivity index (χ4v) is 2.92. The van der Waals surface area contributed by atoms with Crippen LogP contribution in [-0.4, -0.2) is 21.7 Å². The normalized spacial score (nSPS) is 15.1. The maximum absolute atomic E-state index is 12.4. The molecule has 1 aromatic carbocycles. The Kier molecular flexibility index (Phi) is 3.09. The second kappa shape index (κ2) is 4.91. The highest BCUT2D eigenvalue weighted by Gasteiger charge is 2.40. The van der Waals surface area contributed by atoms with Crippen molar-refractivity contribution in [1.29, 1.82) is 0 Å². The van der Waals surface area contributed by atoms with Crippen LogP contribution in [-0.2, 0) is 0 Å².